The van der Waals surface area contributed by atoms with Crippen molar-refractivity contribution >= 4 is 29.2 Å². The van der Waals surface area contributed by atoms with E-state index in [2.05, 4.69) is 16.0 Å². The monoisotopic (exact) mass is 464 g/mol. The van der Waals surface area contributed by atoms with Gasteiger partial charge in [0.2, 0.25) is 5.91 Å². The van der Waals surface area contributed by atoms with Crippen LogP contribution in [0.2, 0.25) is 0 Å². The number of para-hydroxylation sites is 1. The second-order valence-electron chi connectivity index (χ2n) is 8.98. The van der Waals surface area contributed by atoms with Gasteiger partial charge >= 0.3 is 12.1 Å². The molecule has 2 N–H and O–H groups in total. The number of rotatable bonds is 8. The minimum Gasteiger partial charge on any atom is -0.467 e. The number of esters is 1. The maximum Gasteiger partial charge on any atom is 0.408 e. The summed E-state index contributed by atoms with van der Waals surface area (Å²) in [6, 6.07) is 14.9. The van der Waals surface area contributed by atoms with Gasteiger partial charge in [0.25, 0.3) is 0 Å². The summed E-state index contributed by atoms with van der Waals surface area (Å²) in [7, 11) is 1.27. The Morgan fingerprint density at radius 1 is 0.912 bits per heavy atom. The molecule has 1 aliphatic rings. The van der Waals surface area contributed by atoms with E-state index in [1.807, 2.05) is 54.6 Å². The van der Waals surface area contributed by atoms with Crippen LogP contribution in [0.5, 0.6) is 0 Å². The van der Waals surface area contributed by atoms with E-state index >= 15 is 0 Å². The molecule has 2 atom stereocenters. The zero-order valence-corrected chi connectivity index (χ0v) is 19.8. The highest BCUT2D eigenvalue weighted by atomic mass is 16.6. The number of nitrogens with zero attached hydrogens (tertiary/aromatic N) is 1. The predicted molar refractivity (Wildman–Crippen MR) is 128 cm³/mol. The molecule has 2 aromatic carbocycles. The number of alkyl carbamates (subject to hydrolysis) is 1. The van der Waals surface area contributed by atoms with E-state index in [0.29, 0.717) is 0 Å². The minimum absolute atomic E-state index is 0.171. The molecule has 1 radical (unpaired) electrons. The van der Waals surface area contributed by atoms with E-state index in [9.17, 15) is 14.4 Å². The largest absolute Gasteiger partial charge is 0.467 e. The Morgan fingerprint density at radius 2 is 1.59 bits per heavy atom. The number of hydrogen-bond acceptors (Lipinski definition) is 5. The number of hydrogen-bond donors (Lipinski definition) is 2. The Bertz CT molecular complexity index is 1060. The lowest BCUT2D eigenvalue weighted by Crippen LogP contribution is -2.53. The lowest BCUT2D eigenvalue weighted by Gasteiger charge is -2.25. The second-order valence-corrected chi connectivity index (χ2v) is 8.98. The van der Waals surface area contributed by atoms with Crippen LogP contribution in [0.4, 0.5) is 10.5 Å². The maximum absolute atomic E-state index is 13.3. The first kappa shape index (κ1) is 24.8. The van der Waals surface area contributed by atoms with Gasteiger partial charge in [-0.1, -0.05) is 48.5 Å². The fourth-order valence-electron chi connectivity index (χ4n) is 3.57. The van der Waals surface area contributed by atoms with Crippen LogP contribution < -0.4 is 16.0 Å². The molecule has 3 rings (SSSR count). The first-order chi connectivity index (χ1) is 16.2. The van der Waals surface area contributed by atoms with Gasteiger partial charge in [0.1, 0.15) is 17.7 Å². The molecule has 0 aliphatic carbocycles. The van der Waals surface area contributed by atoms with Crippen molar-refractivity contribution in [1.82, 2.24) is 16.0 Å². The third kappa shape index (κ3) is 6.84. The number of nitrogens with one attached hydrogen (secondary N) is 2. The number of ether oxygens (including phenoxy) is 2. The van der Waals surface area contributed by atoms with Gasteiger partial charge in [0.05, 0.1) is 12.8 Å². The van der Waals surface area contributed by atoms with Crippen LogP contribution in [0.1, 0.15) is 38.3 Å². The molecule has 8 nitrogen and oxygen atoms in total. The standard InChI is InChI=1S/C26H30N3O5/c1-26(2,3)34-25(32)29-21(15-18-16-27-20-13-9-8-12-19(18)20)23(30)28-22(24(31)33-4)14-17-10-6-5-7-11-17/h5-13,16,21-22H,14-15H2,1-4H3,(H,28,30)(H,29,32)/t21-,22-/m0/s1. The van der Waals surface area contributed by atoms with Crippen molar-refractivity contribution in [1.29, 1.82) is 0 Å². The molecular formula is C26H30N3O5. The molecule has 2 amide bonds. The van der Waals surface area contributed by atoms with Crippen LogP contribution in [0.15, 0.2) is 60.8 Å². The van der Waals surface area contributed by atoms with Crippen molar-refractivity contribution in [2.75, 3.05) is 7.11 Å². The lowest BCUT2D eigenvalue weighted by atomic mass is 9.99. The molecule has 1 aliphatic heterocycles. The number of amides is 2. The number of carbonyl (C=O) groups excluding carboxylic acids is 3. The van der Waals surface area contributed by atoms with Crippen molar-refractivity contribution in [3.8, 4) is 0 Å². The Kier molecular flexibility index (Phi) is 7.94. The van der Waals surface area contributed by atoms with Crippen molar-refractivity contribution in [3.05, 3.63) is 71.9 Å². The summed E-state index contributed by atoms with van der Waals surface area (Å²) >= 11 is 0. The fourth-order valence-corrected chi connectivity index (χ4v) is 3.57. The van der Waals surface area contributed by atoms with Gasteiger partial charge in [-0.05, 0) is 38.0 Å². The zero-order chi connectivity index (χ0) is 24.7. The van der Waals surface area contributed by atoms with Gasteiger partial charge in [-0.25, -0.2) is 9.59 Å². The van der Waals surface area contributed by atoms with Gasteiger partial charge < -0.3 is 20.1 Å². The smallest absolute Gasteiger partial charge is 0.408 e. The third-order valence-corrected chi connectivity index (χ3v) is 5.13. The van der Waals surface area contributed by atoms with Crippen LogP contribution >= 0.6 is 0 Å². The number of carbonyl (C=O) groups is 3. The van der Waals surface area contributed by atoms with E-state index in [-0.39, 0.29) is 12.8 Å². The van der Waals surface area contributed by atoms with Crippen LogP contribution in [-0.2, 0) is 25.5 Å². The minimum atomic E-state index is -0.995. The molecule has 2 aromatic rings. The molecule has 8 heteroatoms. The Hall–Kier alpha value is -3.81. The number of benzene rings is 2. The molecule has 34 heavy (non-hydrogen) atoms. The topological polar surface area (TPSA) is 108 Å². The third-order valence-electron chi connectivity index (χ3n) is 5.13. The quantitative estimate of drug-likeness (QED) is 0.582. The first-order valence-corrected chi connectivity index (χ1v) is 11.1. The van der Waals surface area contributed by atoms with Crippen LogP contribution in [0, 0.1) is 0 Å². The predicted octanol–water partition coefficient (Wildman–Crippen LogP) is 3.46. The normalized spacial score (nSPS) is 14.1. The Morgan fingerprint density at radius 3 is 2.26 bits per heavy atom. The summed E-state index contributed by atoms with van der Waals surface area (Å²) in [6.07, 6.45) is 1.38. The molecule has 0 spiro atoms. The SMILES string of the molecule is COC(=O)[C@H](Cc1ccccc1)NC(=O)[C@H](CC1=C[N]c2ccccc21)NC(=O)OC(C)(C)C. The van der Waals surface area contributed by atoms with Gasteiger partial charge in [-0.15, -0.1) is 0 Å². The van der Waals surface area contributed by atoms with Crippen molar-refractivity contribution in [2.45, 2.75) is 51.3 Å². The van der Waals surface area contributed by atoms with Gasteiger partial charge in [0, 0.05) is 24.6 Å². The van der Waals surface area contributed by atoms with Crippen LogP contribution in [-0.4, -0.2) is 42.8 Å². The Balaban J connectivity index is 1.79. The first-order valence-electron chi connectivity index (χ1n) is 11.1. The van der Waals surface area contributed by atoms with Crippen LogP contribution in [0.25, 0.3) is 5.57 Å². The summed E-state index contributed by atoms with van der Waals surface area (Å²) < 4.78 is 10.3. The summed E-state index contributed by atoms with van der Waals surface area (Å²) in [4.78, 5) is 38.2. The average molecular weight is 465 g/mol. The highest BCUT2D eigenvalue weighted by Gasteiger charge is 2.31. The van der Waals surface area contributed by atoms with E-state index in [1.165, 1.54) is 7.11 Å². The average Bonchev–Trinajstić information content (AvgIpc) is 3.20. The van der Waals surface area contributed by atoms with E-state index in [1.54, 1.807) is 27.0 Å². The fraction of sp³-hybridized carbons (Fsp3) is 0.346. The van der Waals surface area contributed by atoms with Gasteiger partial charge in [-0.3, -0.25) is 10.1 Å². The summed E-state index contributed by atoms with van der Waals surface area (Å²) in [5.74, 6) is -1.10. The summed E-state index contributed by atoms with van der Waals surface area (Å²) in [5, 5.41) is 9.77. The van der Waals surface area contributed by atoms with Gasteiger partial charge in [-0.2, -0.15) is 0 Å². The lowest BCUT2D eigenvalue weighted by molar-refractivity contribution is -0.145. The van der Waals surface area contributed by atoms with Crippen molar-refractivity contribution in [2.24, 2.45) is 0 Å². The molecule has 0 saturated carbocycles. The Labute approximate surface area is 199 Å². The molecule has 1 heterocycles. The summed E-state index contributed by atoms with van der Waals surface area (Å²) in [6.45, 7) is 5.22. The highest BCUT2D eigenvalue weighted by Crippen LogP contribution is 2.32. The molecule has 0 aromatic heterocycles. The molecule has 179 valence electrons. The van der Waals surface area contributed by atoms with Crippen molar-refractivity contribution < 1.29 is 23.9 Å². The maximum atomic E-state index is 13.3. The molecule has 0 saturated heterocycles. The van der Waals surface area contributed by atoms with E-state index < -0.39 is 35.7 Å². The van der Waals surface area contributed by atoms with Gasteiger partial charge in [0.15, 0.2) is 0 Å². The zero-order valence-electron chi connectivity index (χ0n) is 19.8. The van der Waals surface area contributed by atoms with Crippen LogP contribution in [0.3, 0.4) is 0 Å². The van der Waals surface area contributed by atoms with E-state index in [0.717, 1.165) is 22.4 Å². The number of fused-ring (bicyclic) bond motifs is 1. The summed E-state index contributed by atoms with van der Waals surface area (Å²) in [5.41, 5.74) is 2.61. The molecule has 0 unspecified atom stereocenters. The van der Waals surface area contributed by atoms with E-state index in [4.69, 9.17) is 9.47 Å². The molecular weight excluding hydrogens is 434 g/mol. The second kappa shape index (κ2) is 10.9. The highest BCUT2D eigenvalue weighted by molar-refractivity contribution is 5.92. The number of methoxy groups -OCH3 is 1. The molecule has 0 fully saturated rings. The van der Waals surface area contributed by atoms with Crippen molar-refractivity contribution in [3.63, 3.8) is 0 Å². The molecule has 0 bridgehead atoms.